The Kier molecular flexibility index (Phi) is 3.30. The summed E-state index contributed by atoms with van der Waals surface area (Å²) in [7, 11) is 0. The fraction of sp³-hybridized carbons (Fsp3) is 0.875. The van der Waals surface area contributed by atoms with Gasteiger partial charge in [0.05, 0.1) is 5.60 Å². The van der Waals surface area contributed by atoms with Gasteiger partial charge < -0.3 is 4.74 Å². The molecule has 5 aliphatic carbocycles. The van der Waals surface area contributed by atoms with E-state index in [4.69, 9.17) is 4.74 Å². The average molecular weight is 355 g/mol. The monoisotopic (exact) mass is 354 g/mol. The molecule has 5 fully saturated rings. The molecule has 0 N–H and O–H groups in total. The Bertz CT molecular complexity index is 672. The van der Waals surface area contributed by atoms with Crippen molar-refractivity contribution in [2.45, 2.75) is 77.2 Å². The van der Waals surface area contributed by atoms with Gasteiger partial charge in [-0.25, -0.2) is 0 Å². The van der Waals surface area contributed by atoms with Gasteiger partial charge in [0, 0.05) is 18.4 Å². The molecule has 2 heteroatoms. The van der Waals surface area contributed by atoms with Crippen LogP contribution in [0.4, 0.5) is 0 Å². The number of hydrogen-bond acceptors (Lipinski definition) is 2. The van der Waals surface area contributed by atoms with E-state index in [-0.39, 0.29) is 5.60 Å². The van der Waals surface area contributed by atoms with Crippen LogP contribution in [-0.2, 0) is 9.53 Å². The van der Waals surface area contributed by atoms with Gasteiger partial charge in [0.15, 0.2) is 5.78 Å². The second kappa shape index (κ2) is 5.25. The van der Waals surface area contributed by atoms with Crippen molar-refractivity contribution in [3.05, 3.63) is 11.6 Å². The molecule has 0 aromatic rings. The summed E-state index contributed by atoms with van der Waals surface area (Å²) in [5, 5.41) is 0. The molecule has 1 saturated heterocycles. The Morgan fingerprint density at radius 1 is 1.23 bits per heavy atom. The fourth-order valence-electron chi connectivity index (χ4n) is 9.28. The van der Waals surface area contributed by atoms with E-state index < -0.39 is 0 Å². The maximum Gasteiger partial charge on any atom is 0.155 e. The largest absolute Gasteiger partial charge is 0.374 e. The molecule has 6 rings (SSSR count). The molecule has 0 bridgehead atoms. The van der Waals surface area contributed by atoms with Gasteiger partial charge in [0.2, 0.25) is 0 Å². The van der Waals surface area contributed by atoms with E-state index in [1.54, 1.807) is 0 Å². The van der Waals surface area contributed by atoms with E-state index >= 15 is 0 Å². The molecule has 1 aliphatic heterocycles. The number of allylic oxidation sites excluding steroid dienone is 1. The molecule has 142 valence electrons. The number of ether oxygens (including phenoxy) is 1. The zero-order valence-corrected chi connectivity index (χ0v) is 16.5. The summed E-state index contributed by atoms with van der Waals surface area (Å²) in [6.45, 7) is 6.04. The van der Waals surface area contributed by atoms with Gasteiger partial charge in [-0.1, -0.05) is 25.8 Å². The van der Waals surface area contributed by atoms with Crippen LogP contribution in [0.2, 0.25) is 0 Å². The Balaban J connectivity index is 1.41. The van der Waals surface area contributed by atoms with Crippen molar-refractivity contribution in [2.24, 2.45) is 46.8 Å². The summed E-state index contributed by atoms with van der Waals surface area (Å²) >= 11 is 0. The molecule has 0 radical (unpaired) electrons. The molecule has 9 atom stereocenters. The number of hydrogen-bond donors (Lipinski definition) is 0. The lowest BCUT2D eigenvalue weighted by Crippen LogP contribution is -2.56. The molecule has 4 saturated carbocycles. The summed E-state index contributed by atoms with van der Waals surface area (Å²) < 4.78 is 6.64. The highest BCUT2D eigenvalue weighted by Gasteiger charge is 2.77. The van der Waals surface area contributed by atoms with Gasteiger partial charge in [-0.2, -0.15) is 0 Å². The summed E-state index contributed by atoms with van der Waals surface area (Å²) in [6, 6.07) is 0. The maximum atomic E-state index is 12.0. The number of fused-ring (bicyclic) bond motifs is 9. The first-order chi connectivity index (χ1) is 12.6. The average Bonchev–Trinajstić information content (AvgIpc) is 3.20. The van der Waals surface area contributed by atoms with Gasteiger partial charge >= 0.3 is 0 Å². The molecule has 1 heterocycles. The zero-order valence-electron chi connectivity index (χ0n) is 16.5. The topological polar surface area (TPSA) is 26.3 Å². The Labute approximate surface area is 158 Å². The molecule has 6 aliphatic rings. The second-order valence-electron chi connectivity index (χ2n) is 10.8. The summed E-state index contributed by atoms with van der Waals surface area (Å²) in [5.41, 5.74) is 2.21. The van der Waals surface area contributed by atoms with Gasteiger partial charge in [0.25, 0.3) is 0 Å². The summed E-state index contributed by atoms with van der Waals surface area (Å²) in [6.07, 6.45) is 13.3. The first kappa shape index (κ1) is 16.3. The van der Waals surface area contributed by atoms with E-state index in [1.807, 2.05) is 0 Å². The second-order valence-corrected chi connectivity index (χ2v) is 10.8. The van der Waals surface area contributed by atoms with E-state index in [0.29, 0.717) is 11.2 Å². The zero-order chi connectivity index (χ0) is 17.7. The van der Waals surface area contributed by atoms with E-state index in [9.17, 15) is 4.79 Å². The van der Waals surface area contributed by atoms with Crippen molar-refractivity contribution >= 4 is 5.78 Å². The molecule has 7 unspecified atom stereocenters. The quantitative estimate of drug-likeness (QED) is 0.649. The number of carbonyl (C=O) groups excluding carboxylic acids is 1. The molecule has 2 nitrogen and oxygen atoms in total. The van der Waals surface area contributed by atoms with Crippen LogP contribution in [0.5, 0.6) is 0 Å². The van der Waals surface area contributed by atoms with Crippen LogP contribution in [0.15, 0.2) is 11.6 Å². The predicted molar refractivity (Wildman–Crippen MR) is 102 cm³/mol. The Morgan fingerprint density at radius 3 is 2.88 bits per heavy atom. The SMILES string of the molecule is CCC1CC2=CC(=O)CCC2C2CC[C@@]3(C)C(C4CC4[C@@]34CCCO4)C12. The highest BCUT2D eigenvalue weighted by molar-refractivity contribution is 5.91. The minimum atomic E-state index is 0.240. The van der Waals surface area contributed by atoms with Crippen LogP contribution in [-0.4, -0.2) is 18.0 Å². The molecule has 0 aromatic heterocycles. The number of carbonyl (C=O) groups is 1. The molecular weight excluding hydrogens is 320 g/mol. The van der Waals surface area contributed by atoms with Gasteiger partial charge in [-0.3, -0.25) is 4.79 Å². The van der Waals surface area contributed by atoms with Crippen LogP contribution in [0.25, 0.3) is 0 Å². The molecule has 0 aromatic carbocycles. The highest BCUT2D eigenvalue weighted by atomic mass is 16.5. The number of ketones is 1. The number of rotatable bonds is 1. The molecule has 26 heavy (non-hydrogen) atoms. The van der Waals surface area contributed by atoms with Crippen molar-refractivity contribution in [1.82, 2.24) is 0 Å². The van der Waals surface area contributed by atoms with Crippen LogP contribution in [0, 0.1) is 46.8 Å². The third-order valence-electron chi connectivity index (χ3n) is 10.2. The van der Waals surface area contributed by atoms with Gasteiger partial charge in [-0.05, 0) is 92.4 Å². The third kappa shape index (κ3) is 1.81. The normalized spacial score (nSPS) is 57.2. The van der Waals surface area contributed by atoms with Crippen molar-refractivity contribution in [1.29, 1.82) is 0 Å². The van der Waals surface area contributed by atoms with E-state index in [0.717, 1.165) is 60.9 Å². The van der Waals surface area contributed by atoms with Crippen molar-refractivity contribution in [3.63, 3.8) is 0 Å². The highest BCUT2D eigenvalue weighted by Crippen LogP contribution is 2.78. The maximum absolute atomic E-state index is 12.0. The van der Waals surface area contributed by atoms with Crippen LogP contribution in [0.1, 0.15) is 71.6 Å². The van der Waals surface area contributed by atoms with Crippen LogP contribution in [0.3, 0.4) is 0 Å². The van der Waals surface area contributed by atoms with E-state index in [2.05, 4.69) is 19.9 Å². The summed E-state index contributed by atoms with van der Waals surface area (Å²) in [4.78, 5) is 12.0. The smallest absolute Gasteiger partial charge is 0.155 e. The van der Waals surface area contributed by atoms with E-state index in [1.165, 1.54) is 50.5 Å². The third-order valence-corrected chi connectivity index (χ3v) is 10.2. The van der Waals surface area contributed by atoms with Crippen LogP contribution >= 0.6 is 0 Å². The lowest BCUT2D eigenvalue weighted by atomic mass is 9.46. The van der Waals surface area contributed by atoms with Crippen molar-refractivity contribution < 1.29 is 9.53 Å². The first-order valence-electron chi connectivity index (χ1n) is 11.5. The Morgan fingerprint density at radius 2 is 2.12 bits per heavy atom. The van der Waals surface area contributed by atoms with Gasteiger partial charge in [-0.15, -0.1) is 0 Å². The summed E-state index contributed by atoms with van der Waals surface area (Å²) in [5.74, 6) is 6.40. The van der Waals surface area contributed by atoms with Crippen molar-refractivity contribution in [3.8, 4) is 0 Å². The fourth-order valence-corrected chi connectivity index (χ4v) is 9.28. The van der Waals surface area contributed by atoms with Gasteiger partial charge in [0.1, 0.15) is 0 Å². The first-order valence-corrected chi connectivity index (χ1v) is 11.5. The van der Waals surface area contributed by atoms with Crippen molar-refractivity contribution in [2.75, 3.05) is 6.61 Å². The lowest BCUT2D eigenvalue weighted by molar-refractivity contribution is -0.156. The molecule has 0 amide bonds. The molecule has 1 spiro atoms. The minimum absolute atomic E-state index is 0.240. The molecular formula is C24H34O2. The Hall–Kier alpha value is -0.630. The lowest BCUT2D eigenvalue weighted by Gasteiger charge is -2.59. The van der Waals surface area contributed by atoms with Crippen LogP contribution < -0.4 is 0 Å². The minimum Gasteiger partial charge on any atom is -0.374 e. The standard InChI is InChI=1S/C24H34O2/c1-3-14-11-15-12-16(25)5-6-17(15)18-7-9-23(2)22(21(14)18)19-13-20(19)24(23)8-4-10-26-24/h12,14,17-22H,3-11,13H2,1-2H3/t14?,17?,18?,19?,20?,21?,22?,23-,24-/m0/s1. The predicted octanol–water partition coefficient (Wildman–Crippen LogP) is 5.17.